The number of aliphatic carboxylic acids is 1. The molecule has 2 aliphatic rings. The van der Waals surface area contributed by atoms with Crippen LogP contribution in [0.3, 0.4) is 0 Å². The van der Waals surface area contributed by atoms with E-state index in [1.165, 1.54) is 0 Å². The molecule has 1 saturated heterocycles. The van der Waals surface area contributed by atoms with Gasteiger partial charge in [0.15, 0.2) is 5.41 Å². The molecule has 2 fully saturated rings. The van der Waals surface area contributed by atoms with Gasteiger partial charge in [-0.15, -0.1) is 0 Å². The van der Waals surface area contributed by atoms with E-state index in [1.54, 1.807) is 0 Å². The van der Waals surface area contributed by atoms with Gasteiger partial charge in [-0.25, -0.2) is 0 Å². The van der Waals surface area contributed by atoms with Crippen molar-refractivity contribution in [3.8, 4) is 0 Å². The van der Waals surface area contributed by atoms with E-state index in [1.807, 2.05) is 0 Å². The first-order valence-corrected chi connectivity index (χ1v) is 8.17. The van der Waals surface area contributed by atoms with Gasteiger partial charge >= 0.3 is 12.1 Å². The lowest BCUT2D eigenvalue weighted by Gasteiger charge is -2.33. The summed E-state index contributed by atoms with van der Waals surface area (Å²) in [4.78, 5) is 24.8. The summed E-state index contributed by atoms with van der Waals surface area (Å²) in [7, 11) is 0. The van der Waals surface area contributed by atoms with E-state index in [0.717, 1.165) is 17.7 Å². The number of hydrogen-bond acceptors (Lipinski definition) is 2. The molecular formula is C16H24F3NO3. The molecule has 0 aromatic heterocycles. The Bertz CT molecular complexity index is 470. The van der Waals surface area contributed by atoms with Crippen molar-refractivity contribution in [3.63, 3.8) is 0 Å². The van der Waals surface area contributed by atoms with Gasteiger partial charge in [-0.2, -0.15) is 13.2 Å². The highest BCUT2D eigenvalue weighted by atomic mass is 19.4. The highest BCUT2D eigenvalue weighted by Gasteiger charge is 2.64. The largest absolute Gasteiger partial charge is 0.481 e. The van der Waals surface area contributed by atoms with Gasteiger partial charge in [0.05, 0.1) is 0 Å². The zero-order valence-corrected chi connectivity index (χ0v) is 13.5. The molecule has 1 aliphatic heterocycles. The molecule has 1 N–H and O–H groups in total. The fourth-order valence-electron chi connectivity index (χ4n) is 3.82. The van der Waals surface area contributed by atoms with Crippen LogP contribution < -0.4 is 0 Å². The first-order chi connectivity index (χ1) is 10.6. The standard InChI is InChI=1S/C16H24F3NO3/c1-10(2)11-3-5-12(6-4-11)13(21)20-8-7-15(9-20,14(22)23)16(17,18)19/h10-12H,3-9H2,1-2H3,(H,22,23). The predicted molar refractivity (Wildman–Crippen MR) is 77.6 cm³/mol. The maximum absolute atomic E-state index is 13.2. The number of alkyl halides is 3. The Morgan fingerprint density at radius 1 is 1.17 bits per heavy atom. The molecule has 0 spiro atoms. The lowest BCUT2D eigenvalue weighted by atomic mass is 9.76. The van der Waals surface area contributed by atoms with Gasteiger partial charge in [0.2, 0.25) is 5.91 Å². The number of halogens is 3. The molecule has 1 unspecified atom stereocenters. The third-order valence-corrected chi connectivity index (χ3v) is 5.60. The van der Waals surface area contributed by atoms with Crippen molar-refractivity contribution < 1.29 is 27.9 Å². The van der Waals surface area contributed by atoms with Crippen LogP contribution in [0.4, 0.5) is 13.2 Å². The number of rotatable bonds is 3. The molecule has 1 heterocycles. The van der Waals surface area contributed by atoms with Crippen LogP contribution in [0.5, 0.6) is 0 Å². The van der Waals surface area contributed by atoms with Crippen LogP contribution in [0.15, 0.2) is 0 Å². The molecule has 0 bridgehead atoms. The quantitative estimate of drug-likeness (QED) is 0.861. The van der Waals surface area contributed by atoms with Crippen LogP contribution in [-0.4, -0.2) is 41.1 Å². The van der Waals surface area contributed by atoms with E-state index in [2.05, 4.69) is 13.8 Å². The van der Waals surface area contributed by atoms with Gasteiger partial charge in [0.1, 0.15) is 0 Å². The second-order valence-corrected chi connectivity index (χ2v) is 7.25. The first-order valence-electron chi connectivity index (χ1n) is 8.17. The fraction of sp³-hybridized carbons (Fsp3) is 0.875. The number of nitrogens with zero attached hydrogens (tertiary/aromatic N) is 1. The highest BCUT2D eigenvalue weighted by molar-refractivity contribution is 5.82. The minimum absolute atomic E-state index is 0.130. The zero-order chi connectivity index (χ0) is 17.4. The Hall–Kier alpha value is -1.27. The lowest BCUT2D eigenvalue weighted by molar-refractivity contribution is -0.227. The fourth-order valence-corrected chi connectivity index (χ4v) is 3.82. The molecule has 1 aliphatic carbocycles. The summed E-state index contributed by atoms with van der Waals surface area (Å²) in [5.41, 5.74) is -2.81. The SMILES string of the molecule is CC(C)C1CCC(C(=O)N2CCC(C(=O)O)(C(F)(F)F)C2)CC1. The van der Waals surface area contributed by atoms with Crippen molar-refractivity contribution in [3.05, 3.63) is 0 Å². The number of likely N-dealkylation sites (tertiary alicyclic amines) is 1. The predicted octanol–water partition coefficient (Wildman–Crippen LogP) is 3.31. The molecule has 4 nitrogen and oxygen atoms in total. The molecule has 7 heteroatoms. The Morgan fingerprint density at radius 3 is 2.13 bits per heavy atom. The van der Waals surface area contributed by atoms with E-state index in [9.17, 15) is 22.8 Å². The molecular weight excluding hydrogens is 311 g/mol. The monoisotopic (exact) mass is 335 g/mol. The van der Waals surface area contributed by atoms with Gasteiger partial charge in [-0.1, -0.05) is 13.8 Å². The Balaban J connectivity index is 2.02. The van der Waals surface area contributed by atoms with Crippen molar-refractivity contribution >= 4 is 11.9 Å². The third-order valence-electron chi connectivity index (χ3n) is 5.60. The Kier molecular flexibility index (Phi) is 4.97. The average molecular weight is 335 g/mol. The molecule has 23 heavy (non-hydrogen) atoms. The Labute approximate surface area is 134 Å². The van der Waals surface area contributed by atoms with E-state index in [0.29, 0.717) is 24.7 Å². The second kappa shape index (κ2) is 6.32. The lowest BCUT2D eigenvalue weighted by Crippen LogP contribution is -2.48. The van der Waals surface area contributed by atoms with Crippen molar-refractivity contribution in [2.45, 2.75) is 52.1 Å². The number of carbonyl (C=O) groups excluding carboxylic acids is 1. The summed E-state index contributed by atoms with van der Waals surface area (Å²) >= 11 is 0. The minimum atomic E-state index is -4.84. The third kappa shape index (κ3) is 3.33. The summed E-state index contributed by atoms with van der Waals surface area (Å²) in [5.74, 6) is -1.35. The second-order valence-electron chi connectivity index (χ2n) is 7.25. The number of hydrogen-bond donors (Lipinski definition) is 1. The van der Waals surface area contributed by atoms with E-state index < -0.39 is 30.5 Å². The normalized spacial score (nSPS) is 32.3. The smallest absolute Gasteiger partial charge is 0.406 e. The summed E-state index contributed by atoms with van der Waals surface area (Å²) in [5, 5.41) is 9.05. The Morgan fingerprint density at radius 2 is 1.74 bits per heavy atom. The van der Waals surface area contributed by atoms with Crippen molar-refractivity contribution in [1.82, 2.24) is 4.90 Å². The number of carboxylic acid groups (broad SMARTS) is 1. The number of carbonyl (C=O) groups is 2. The topological polar surface area (TPSA) is 57.6 Å². The van der Waals surface area contributed by atoms with Gasteiger partial charge in [0, 0.05) is 19.0 Å². The minimum Gasteiger partial charge on any atom is -0.481 e. The van der Waals surface area contributed by atoms with Gasteiger partial charge in [0.25, 0.3) is 0 Å². The summed E-state index contributed by atoms with van der Waals surface area (Å²) in [6.45, 7) is 3.39. The van der Waals surface area contributed by atoms with Crippen LogP contribution in [0, 0.1) is 23.2 Å². The van der Waals surface area contributed by atoms with Gasteiger partial charge in [-0.3, -0.25) is 9.59 Å². The maximum atomic E-state index is 13.2. The number of carboxylic acids is 1. The van der Waals surface area contributed by atoms with Crippen LogP contribution in [-0.2, 0) is 9.59 Å². The molecule has 1 saturated carbocycles. The maximum Gasteiger partial charge on any atom is 0.406 e. The van der Waals surface area contributed by atoms with E-state index in [-0.39, 0.29) is 18.4 Å². The van der Waals surface area contributed by atoms with E-state index >= 15 is 0 Å². The molecule has 0 radical (unpaired) electrons. The summed E-state index contributed by atoms with van der Waals surface area (Å²) in [6, 6.07) is 0. The summed E-state index contributed by atoms with van der Waals surface area (Å²) < 4.78 is 39.5. The van der Waals surface area contributed by atoms with E-state index in [4.69, 9.17) is 5.11 Å². The molecule has 1 atom stereocenters. The average Bonchev–Trinajstić information content (AvgIpc) is 2.93. The van der Waals surface area contributed by atoms with Crippen LogP contribution in [0.1, 0.15) is 46.0 Å². The van der Waals surface area contributed by atoms with Crippen LogP contribution in [0.2, 0.25) is 0 Å². The van der Waals surface area contributed by atoms with Crippen molar-refractivity contribution in [2.24, 2.45) is 23.2 Å². The molecule has 132 valence electrons. The number of amides is 1. The first kappa shape index (κ1) is 18.1. The van der Waals surface area contributed by atoms with Gasteiger partial charge < -0.3 is 10.0 Å². The van der Waals surface area contributed by atoms with Gasteiger partial charge in [-0.05, 0) is 43.9 Å². The molecule has 0 aromatic carbocycles. The van der Waals surface area contributed by atoms with Crippen molar-refractivity contribution in [2.75, 3.05) is 13.1 Å². The zero-order valence-electron chi connectivity index (χ0n) is 13.5. The molecule has 2 rings (SSSR count). The summed E-state index contributed by atoms with van der Waals surface area (Å²) in [6.07, 6.45) is -2.22. The molecule has 0 aromatic rings. The van der Waals surface area contributed by atoms with Crippen LogP contribution >= 0.6 is 0 Å². The van der Waals surface area contributed by atoms with Crippen LogP contribution in [0.25, 0.3) is 0 Å². The highest BCUT2D eigenvalue weighted by Crippen LogP contribution is 2.46. The molecule has 1 amide bonds. The van der Waals surface area contributed by atoms with Crippen molar-refractivity contribution in [1.29, 1.82) is 0 Å².